The zero-order chi connectivity index (χ0) is 27.8. The van der Waals surface area contributed by atoms with Crippen LogP contribution in [0, 0.1) is 0 Å². The lowest BCUT2D eigenvalue weighted by Crippen LogP contribution is -2.39. The quantitative estimate of drug-likeness (QED) is 0.214. The van der Waals surface area contributed by atoms with Crippen molar-refractivity contribution < 1.29 is 14.3 Å². The molecule has 0 bridgehead atoms. The van der Waals surface area contributed by atoms with Crippen molar-refractivity contribution in [2.75, 3.05) is 7.05 Å². The second kappa shape index (κ2) is 13.1. The minimum atomic E-state index is -0.833. The van der Waals surface area contributed by atoms with Gasteiger partial charge in [-0.25, -0.2) is 4.98 Å². The number of nitrogens with one attached hydrogen (secondary N) is 2. The molecule has 0 spiro atoms. The molecule has 1 atom stereocenters. The Kier molecular flexibility index (Phi) is 9.40. The number of H-pyrrole nitrogens is 1. The number of esters is 1. The summed E-state index contributed by atoms with van der Waals surface area (Å²) in [4.78, 5) is 28.4. The molecule has 2 aromatic heterocycles. The number of nitrogens with two attached hydrogens (primary N) is 1. The number of primary amides is 1. The first-order valence-corrected chi connectivity index (χ1v) is 13.1. The number of amides is 1. The Morgan fingerprint density at radius 1 is 1.15 bits per heavy atom. The molecule has 12 heteroatoms. The molecule has 0 saturated carbocycles. The minimum absolute atomic E-state index is 0.0795. The Hall–Kier alpha value is -4.09. The van der Waals surface area contributed by atoms with Gasteiger partial charge in [-0.05, 0) is 35.4 Å². The number of aromatic nitrogens is 6. The average molecular weight is 551 g/mol. The Morgan fingerprint density at radius 3 is 2.54 bits per heavy atom. The second-order valence-electron chi connectivity index (χ2n) is 9.05. The number of hydrogen-bond donors (Lipinski definition) is 3. The third-order valence-corrected chi connectivity index (χ3v) is 6.67. The first-order chi connectivity index (χ1) is 18.9. The predicted molar refractivity (Wildman–Crippen MR) is 146 cm³/mol. The van der Waals surface area contributed by atoms with E-state index in [2.05, 4.69) is 37.8 Å². The molecule has 11 nitrogen and oxygen atoms in total. The summed E-state index contributed by atoms with van der Waals surface area (Å²) < 4.78 is 7.51. The Bertz CT molecular complexity index is 1400. The fourth-order valence-electron chi connectivity index (χ4n) is 4.28. The number of aryl methyl sites for hydroxylation is 1. The molecule has 0 saturated heterocycles. The monoisotopic (exact) mass is 550 g/mol. The van der Waals surface area contributed by atoms with Crippen LogP contribution in [0.2, 0.25) is 5.15 Å². The van der Waals surface area contributed by atoms with Crippen molar-refractivity contribution in [2.24, 2.45) is 5.73 Å². The van der Waals surface area contributed by atoms with E-state index in [0.717, 1.165) is 47.3 Å². The molecule has 0 aliphatic carbocycles. The van der Waals surface area contributed by atoms with Gasteiger partial charge in [0.15, 0.2) is 5.15 Å². The van der Waals surface area contributed by atoms with E-state index in [1.807, 2.05) is 53.1 Å². The molecular weight excluding hydrogens is 520 g/mol. The molecule has 0 aliphatic rings. The molecule has 204 valence electrons. The summed E-state index contributed by atoms with van der Waals surface area (Å²) in [6.07, 6.45) is 2.52. The van der Waals surface area contributed by atoms with Gasteiger partial charge in [0.1, 0.15) is 18.5 Å². The highest BCUT2D eigenvalue weighted by molar-refractivity contribution is 6.30. The zero-order valence-electron chi connectivity index (χ0n) is 21.9. The molecule has 0 radical (unpaired) electrons. The second-order valence-corrected chi connectivity index (χ2v) is 9.41. The first-order valence-electron chi connectivity index (χ1n) is 12.7. The Morgan fingerprint density at radius 2 is 1.90 bits per heavy atom. The topological polar surface area (TPSA) is 154 Å². The lowest BCUT2D eigenvalue weighted by atomic mass is 9.98. The third kappa shape index (κ3) is 6.87. The summed E-state index contributed by atoms with van der Waals surface area (Å²) in [5.41, 5.74) is 9.74. The van der Waals surface area contributed by atoms with Gasteiger partial charge in [0, 0.05) is 18.5 Å². The number of rotatable bonds is 13. The van der Waals surface area contributed by atoms with Gasteiger partial charge in [-0.2, -0.15) is 5.21 Å². The minimum Gasteiger partial charge on any atom is -0.458 e. The van der Waals surface area contributed by atoms with Gasteiger partial charge in [-0.3, -0.25) is 9.59 Å². The molecule has 2 heterocycles. The van der Waals surface area contributed by atoms with Gasteiger partial charge in [-0.15, -0.1) is 10.2 Å². The highest BCUT2D eigenvalue weighted by atomic mass is 35.5. The van der Waals surface area contributed by atoms with Crippen LogP contribution >= 0.6 is 11.6 Å². The number of likely N-dealkylation sites (N-methyl/N-ethyl adjacent to an activating group) is 1. The molecule has 0 fully saturated rings. The van der Waals surface area contributed by atoms with Crippen LogP contribution < -0.4 is 11.1 Å². The number of aromatic amines is 1. The number of carbonyl (C=O) groups excluding carboxylic acids is 2. The number of nitrogens with zero attached hydrogens (tertiary/aromatic N) is 5. The molecule has 2 aromatic carbocycles. The van der Waals surface area contributed by atoms with Gasteiger partial charge in [0.05, 0.1) is 12.1 Å². The predicted octanol–water partition coefficient (Wildman–Crippen LogP) is 3.28. The van der Waals surface area contributed by atoms with Crippen LogP contribution in [0.15, 0.2) is 48.5 Å². The molecule has 0 unspecified atom stereocenters. The summed E-state index contributed by atoms with van der Waals surface area (Å²) in [5, 5.41) is 17.5. The van der Waals surface area contributed by atoms with Crippen molar-refractivity contribution in [1.82, 2.24) is 35.5 Å². The number of carbonyl (C=O) groups is 2. The van der Waals surface area contributed by atoms with E-state index in [4.69, 9.17) is 22.1 Å². The molecule has 4 aromatic rings. The van der Waals surface area contributed by atoms with E-state index in [-0.39, 0.29) is 18.2 Å². The average Bonchev–Trinajstić information content (AvgIpc) is 3.58. The summed E-state index contributed by atoms with van der Waals surface area (Å²) in [5.74, 6) is 0.167. The molecule has 39 heavy (non-hydrogen) atoms. The molecule has 1 amide bonds. The fourth-order valence-corrected chi connectivity index (χ4v) is 4.53. The summed E-state index contributed by atoms with van der Waals surface area (Å²) in [6, 6.07) is 15.2. The number of imidazole rings is 1. The lowest BCUT2D eigenvalue weighted by molar-refractivity contribution is -0.148. The van der Waals surface area contributed by atoms with Crippen LogP contribution in [0.4, 0.5) is 0 Å². The van der Waals surface area contributed by atoms with Gasteiger partial charge >= 0.3 is 5.97 Å². The van der Waals surface area contributed by atoms with E-state index in [1.54, 1.807) is 7.05 Å². The maximum Gasteiger partial charge on any atom is 0.324 e. The van der Waals surface area contributed by atoms with Gasteiger partial charge < -0.3 is 20.4 Å². The van der Waals surface area contributed by atoms with Crippen LogP contribution in [0.1, 0.15) is 43.3 Å². The normalized spacial score (nSPS) is 11.9. The fraction of sp³-hybridized carbons (Fsp3) is 0.333. The maximum atomic E-state index is 12.5. The lowest BCUT2D eigenvalue weighted by Gasteiger charge is -2.16. The van der Waals surface area contributed by atoms with Gasteiger partial charge in [0.2, 0.25) is 11.7 Å². The third-order valence-electron chi connectivity index (χ3n) is 6.37. The number of tetrazole rings is 1. The SMILES string of the molecule is CCCCc1nc(Cl)c(COC(=O)[C@H](CC(N)=O)NC)n1Cc1ccc(-c2ccccc2-c2nn[nH]n2)cc1. The Labute approximate surface area is 231 Å². The van der Waals surface area contributed by atoms with Crippen molar-refractivity contribution >= 4 is 23.5 Å². The van der Waals surface area contributed by atoms with Crippen molar-refractivity contribution in [3.05, 3.63) is 70.8 Å². The van der Waals surface area contributed by atoms with E-state index in [1.165, 1.54) is 0 Å². The van der Waals surface area contributed by atoms with Crippen molar-refractivity contribution in [1.29, 1.82) is 0 Å². The summed E-state index contributed by atoms with van der Waals surface area (Å²) >= 11 is 6.52. The maximum absolute atomic E-state index is 12.5. The molecule has 4 N–H and O–H groups in total. The van der Waals surface area contributed by atoms with Gasteiger partial charge in [-0.1, -0.05) is 73.5 Å². The number of ether oxygens (including phenoxy) is 1. The summed E-state index contributed by atoms with van der Waals surface area (Å²) in [7, 11) is 1.57. The van der Waals surface area contributed by atoms with E-state index >= 15 is 0 Å². The number of halogens is 1. The smallest absolute Gasteiger partial charge is 0.324 e. The van der Waals surface area contributed by atoms with Crippen LogP contribution in [0.5, 0.6) is 0 Å². The van der Waals surface area contributed by atoms with Gasteiger partial charge in [0.25, 0.3) is 0 Å². The number of benzene rings is 2. The zero-order valence-corrected chi connectivity index (χ0v) is 22.6. The van der Waals surface area contributed by atoms with E-state index < -0.39 is 17.9 Å². The molecule has 0 aliphatic heterocycles. The van der Waals surface area contributed by atoms with E-state index in [0.29, 0.717) is 18.1 Å². The van der Waals surface area contributed by atoms with Crippen LogP contribution in [-0.2, 0) is 33.9 Å². The number of unbranched alkanes of at least 4 members (excludes halogenated alkanes) is 1. The molecular formula is C27H31ClN8O3. The van der Waals surface area contributed by atoms with Crippen molar-refractivity contribution in [3.63, 3.8) is 0 Å². The largest absolute Gasteiger partial charge is 0.458 e. The van der Waals surface area contributed by atoms with Crippen LogP contribution in [0.3, 0.4) is 0 Å². The molecule has 4 rings (SSSR count). The van der Waals surface area contributed by atoms with Crippen molar-refractivity contribution in [2.45, 2.75) is 51.8 Å². The first kappa shape index (κ1) is 27.9. The van der Waals surface area contributed by atoms with Crippen LogP contribution in [-0.4, -0.2) is 55.1 Å². The highest BCUT2D eigenvalue weighted by Gasteiger charge is 2.23. The number of hydrogen-bond acceptors (Lipinski definition) is 8. The standard InChI is InChI=1S/C27H31ClN8O3/c1-3-4-9-24-31-25(28)22(16-39-27(38)21(30-2)14-23(29)37)36(24)15-17-10-12-18(13-11-17)19-7-5-6-8-20(19)26-32-34-35-33-26/h5-8,10-13,21,30H,3-4,9,14-16H2,1-2H3,(H2,29,37)(H,32,33,34,35)/t21-/m0/s1. The van der Waals surface area contributed by atoms with Crippen molar-refractivity contribution in [3.8, 4) is 22.5 Å². The highest BCUT2D eigenvalue weighted by Crippen LogP contribution is 2.30. The van der Waals surface area contributed by atoms with Crippen LogP contribution in [0.25, 0.3) is 22.5 Å². The Balaban J connectivity index is 1.57. The summed E-state index contributed by atoms with van der Waals surface area (Å²) in [6.45, 7) is 2.53. The van der Waals surface area contributed by atoms with E-state index in [9.17, 15) is 9.59 Å².